The molecule has 1 aliphatic heterocycles. The molecule has 1 fully saturated rings. The fourth-order valence-corrected chi connectivity index (χ4v) is 3.18. The summed E-state index contributed by atoms with van der Waals surface area (Å²) in [4.78, 5) is 16.9. The van der Waals surface area contributed by atoms with E-state index < -0.39 is 6.10 Å². The van der Waals surface area contributed by atoms with Crippen molar-refractivity contribution < 1.29 is 9.53 Å². The molecule has 1 atom stereocenters. The van der Waals surface area contributed by atoms with Gasteiger partial charge in [-0.1, -0.05) is 60.2 Å². The molecule has 27 heavy (non-hydrogen) atoms. The van der Waals surface area contributed by atoms with Gasteiger partial charge in [0.05, 0.1) is 0 Å². The average molecular weight is 364 g/mol. The molecule has 4 nitrogen and oxygen atoms in total. The number of aryl methyl sites for hydroxylation is 1. The van der Waals surface area contributed by atoms with E-state index in [1.807, 2.05) is 61.2 Å². The highest BCUT2D eigenvalue weighted by atomic mass is 16.5. The van der Waals surface area contributed by atoms with Gasteiger partial charge in [0.15, 0.2) is 6.10 Å². The van der Waals surface area contributed by atoms with Crippen molar-refractivity contribution in [1.29, 1.82) is 0 Å². The zero-order chi connectivity index (χ0) is 19.1. The lowest BCUT2D eigenvalue weighted by atomic mass is 10.2. The van der Waals surface area contributed by atoms with Crippen molar-refractivity contribution >= 4 is 12.0 Å². The number of rotatable bonds is 6. The lowest BCUT2D eigenvalue weighted by Crippen LogP contribution is -2.51. The first-order valence-electron chi connectivity index (χ1n) is 9.58. The fraction of sp³-hybridized carbons (Fsp3) is 0.348. The molecule has 1 aliphatic rings. The molecule has 0 unspecified atom stereocenters. The molecule has 1 saturated heterocycles. The first-order chi connectivity index (χ1) is 13.1. The molecule has 1 heterocycles. The summed E-state index contributed by atoms with van der Waals surface area (Å²) in [7, 11) is 0. The van der Waals surface area contributed by atoms with Crippen LogP contribution in [0.2, 0.25) is 0 Å². The van der Waals surface area contributed by atoms with Crippen LogP contribution >= 0.6 is 0 Å². The van der Waals surface area contributed by atoms with Gasteiger partial charge in [0, 0.05) is 32.7 Å². The molecule has 0 aliphatic carbocycles. The van der Waals surface area contributed by atoms with Crippen LogP contribution in [-0.2, 0) is 4.79 Å². The normalized spacial score (nSPS) is 16.4. The van der Waals surface area contributed by atoms with Crippen molar-refractivity contribution in [3.8, 4) is 5.75 Å². The van der Waals surface area contributed by atoms with Crippen molar-refractivity contribution in [3.05, 3.63) is 71.8 Å². The van der Waals surface area contributed by atoms with E-state index in [1.165, 1.54) is 11.1 Å². The van der Waals surface area contributed by atoms with E-state index >= 15 is 0 Å². The predicted molar refractivity (Wildman–Crippen MR) is 110 cm³/mol. The number of nitrogens with zero attached hydrogens (tertiary/aromatic N) is 2. The Morgan fingerprint density at radius 3 is 2.37 bits per heavy atom. The van der Waals surface area contributed by atoms with Crippen LogP contribution in [0.5, 0.6) is 5.75 Å². The van der Waals surface area contributed by atoms with E-state index in [0.29, 0.717) is 0 Å². The lowest BCUT2D eigenvalue weighted by Gasteiger charge is -2.35. The zero-order valence-corrected chi connectivity index (χ0v) is 16.2. The predicted octanol–water partition coefficient (Wildman–Crippen LogP) is 3.62. The van der Waals surface area contributed by atoms with Gasteiger partial charge in [-0.2, -0.15) is 0 Å². The van der Waals surface area contributed by atoms with Gasteiger partial charge in [0.1, 0.15) is 5.75 Å². The molecule has 2 aromatic rings. The van der Waals surface area contributed by atoms with Crippen LogP contribution in [0.25, 0.3) is 6.08 Å². The number of ether oxygens (including phenoxy) is 1. The van der Waals surface area contributed by atoms with E-state index in [1.54, 1.807) is 0 Å². The van der Waals surface area contributed by atoms with Crippen LogP contribution < -0.4 is 4.74 Å². The van der Waals surface area contributed by atoms with E-state index in [9.17, 15) is 4.79 Å². The molecular formula is C23H28N2O2. The van der Waals surface area contributed by atoms with Crippen LogP contribution in [0.3, 0.4) is 0 Å². The van der Waals surface area contributed by atoms with Gasteiger partial charge >= 0.3 is 0 Å². The Kier molecular flexibility index (Phi) is 6.66. The highest BCUT2D eigenvalue weighted by Crippen LogP contribution is 2.15. The number of amides is 1. The molecule has 1 amide bonds. The number of carbonyl (C=O) groups is 1. The third-order valence-electron chi connectivity index (χ3n) is 4.84. The highest BCUT2D eigenvalue weighted by molar-refractivity contribution is 5.81. The smallest absolute Gasteiger partial charge is 0.263 e. The lowest BCUT2D eigenvalue weighted by molar-refractivity contribution is -0.139. The molecule has 4 heteroatoms. The Morgan fingerprint density at radius 2 is 1.70 bits per heavy atom. The van der Waals surface area contributed by atoms with Gasteiger partial charge in [0.25, 0.3) is 5.91 Å². The molecule has 0 aromatic heterocycles. The maximum Gasteiger partial charge on any atom is 0.263 e. The second-order valence-electron chi connectivity index (χ2n) is 7.01. The Labute approximate surface area is 162 Å². The van der Waals surface area contributed by atoms with Crippen molar-refractivity contribution in [2.75, 3.05) is 32.7 Å². The molecule has 2 aromatic carbocycles. The number of carbonyl (C=O) groups excluding carboxylic acids is 1. The van der Waals surface area contributed by atoms with Gasteiger partial charge in [-0.25, -0.2) is 0 Å². The van der Waals surface area contributed by atoms with Crippen LogP contribution in [0.1, 0.15) is 18.1 Å². The summed E-state index contributed by atoms with van der Waals surface area (Å²) >= 11 is 0. The molecule has 0 radical (unpaired) electrons. The summed E-state index contributed by atoms with van der Waals surface area (Å²) < 4.78 is 5.81. The monoisotopic (exact) mass is 364 g/mol. The summed E-state index contributed by atoms with van der Waals surface area (Å²) in [5.74, 6) is 0.807. The second-order valence-corrected chi connectivity index (χ2v) is 7.01. The van der Waals surface area contributed by atoms with E-state index in [0.717, 1.165) is 38.5 Å². The quantitative estimate of drug-likeness (QED) is 0.785. The standard InChI is InChI=1S/C23H28N2O2/c1-19-10-12-22(13-11-19)27-20(2)23(26)25-17-15-24(16-18-25)14-6-9-21-7-4-3-5-8-21/h3-13,20H,14-18H2,1-2H3/b9-6+/t20-/m0/s1. The number of hydrogen-bond acceptors (Lipinski definition) is 3. The zero-order valence-electron chi connectivity index (χ0n) is 16.2. The van der Waals surface area contributed by atoms with Gasteiger partial charge in [-0.3, -0.25) is 9.69 Å². The van der Waals surface area contributed by atoms with Gasteiger partial charge in [0.2, 0.25) is 0 Å². The summed E-state index contributed by atoms with van der Waals surface area (Å²) in [6.07, 6.45) is 3.88. The molecule has 0 bridgehead atoms. The maximum absolute atomic E-state index is 12.6. The van der Waals surface area contributed by atoms with E-state index in [2.05, 4.69) is 29.2 Å². The first-order valence-corrected chi connectivity index (χ1v) is 9.58. The largest absolute Gasteiger partial charge is 0.481 e. The van der Waals surface area contributed by atoms with Crippen LogP contribution in [-0.4, -0.2) is 54.5 Å². The highest BCUT2D eigenvalue weighted by Gasteiger charge is 2.25. The maximum atomic E-state index is 12.6. The Balaban J connectivity index is 1.43. The third-order valence-corrected chi connectivity index (χ3v) is 4.84. The summed E-state index contributed by atoms with van der Waals surface area (Å²) in [6, 6.07) is 18.1. The van der Waals surface area contributed by atoms with Crippen molar-refractivity contribution in [1.82, 2.24) is 9.80 Å². The van der Waals surface area contributed by atoms with Crippen molar-refractivity contribution in [2.24, 2.45) is 0 Å². The van der Waals surface area contributed by atoms with Gasteiger partial charge in [-0.15, -0.1) is 0 Å². The van der Waals surface area contributed by atoms with Gasteiger partial charge < -0.3 is 9.64 Å². The molecule has 0 saturated carbocycles. The van der Waals surface area contributed by atoms with Gasteiger partial charge in [-0.05, 0) is 31.5 Å². The van der Waals surface area contributed by atoms with E-state index in [-0.39, 0.29) is 5.91 Å². The van der Waals surface area contributed by atoms with Crippen LogP contribution in [0, 0.1) is 6.92 Å². The second kappa shape index (κ2) is 9.38. The molecule has 0 N–H and O–H groups in total. The number of hydrogen-bond donors (Lipinski definition) is 0. The minimum atomic E-state index is -0.461. The number of benzene rings is 2. The summed E-state index contributed by atoms with van der Waals surface area (Å²) in [6.45, 7) is 8.06. The summed E-state index contributed by atoms with van der Waals surface area (Å²) in [5, 5.41) is 0. The Bertz CT molecular complexity index is 748. The Morgan fingerprint density at radius 1 is 1.04 bits per heavy atom. The summed E-state index contributed by atoms with van der Waals surface area (Å²) in [5.41, 5.74) is 2.40. The topological polar surface area (TPSA) is 32.8 Å². The SMILES string of the molecule is Cc1ccc(O[C@@H](C)C(=O)N2CCN(C/C=C/c3ccccc3)CC2)cc1. The fourth-order valence-electron chi connectivity index (χ4n) is 3.18. The molecule has 3 rings (SSSR count). The molecule has 142 valence electrons. The first kappa shape index (κ1) is 19.2. The molecule has 0 spiro atoms. The minimum Gasteiger partial charge on any atom is -0.481 e. The average Bonchev–Trinajstić information content (AvgIpc) is 2.70. The van der Waals surface area contributed by atoms with Crippen molar-refractivity contribution in [3.63, 3.8) is 0 Å². The minimum absolute atomic E-state index is 0.0649. The molecular weight excluding hydrogens is 336 g/mol. The third kappa shape index (κ3) is 5.69. The van der Waals surface area contributed by atoms with Crippen molar-refractivity contribution in [2.45, 2.75) is 20.0 Å². The van der Waals surface area contributed by atoms with Crippen LogP contribution in [0.4, 0.5) is 0 Å². The van der Waals surface area contributed by atoms with Crippen LogP contribution in [0.15, 0.2) is 60.7 Å². The number of piperazine rings is 1. The van der Waals surface area contributed by atoms with E-state index in [4.69, 9.17) is 4.74 Å². The Hall–Kier alpha value is -2.59.